The molecule has 2 aromatic rings. The van der Waals surface area contributed by atoms with E-state index in [1.165, 1.54) is 19.3 Å². The van der Waals surface area contributed by atoms with E-state index in [2.05, 4.69) is 5.10 Å². The molecule has 1 heterocycles. The fourth-order valence-electron chi connectivity index (χ4n) is 4.35. The third-order valence-electron chi connectivity index (χ3n) is 5.60. The summed E-state index contributed by atoms with van der Waals surface area (Å²) < 4.78 is 26.7. The molecule has 4 nitrogen and oxygen atoms in total. The van der Waals surface area contributed by atoms with Crippen molar-refractivity contribution in [1.29, 1.82) is 0 Å². The zero-order chi connectivity index (χ0) is 16.6. The zero-order valence-corrected chi connectivity index (χ0v) is 14.7. The molecule has 2 aliphatic rings. The summed E-state index contributed by atoms with van der Waals surface area (Å²) in [6.45, 7) is 0.673. The number of nitrogens with zero attached hydrogens (tertiary/aromatic N) is 2. The summed E-state index contributed by atoms with van der Waals surface area (Å²) in [6.07, 6.45) is 8.06. The van der Waals surface area contributed by atoms with Gasteiger partial charge in [0, 0.05) is 6.20 Å². The number of rotatable bonds is 6. The van der Waals surface area contributed by atoms with Crippen molar-refractivity contribution in [2.24, 2.45) is 11.3 Å². The van der Waals surface area contributed by atoms with Crippen molar-refractivity contribution in [3.05, 3.63) is 53.9 Å². The van der Waals surface area contributed by atoms with Crippen molar-refractivity contribution in [2.45, 2.75) is 44.4 Å². The summed E-state index contributed by atoms with van der Waals surface area (Å²) in [6, 6.07) is 11.9. The Labute approximate surface area is 143 Å². The highest BCUT2D eigenvalue weighted by atomic mass is 32.2. The topological polar surface area (TPSA) is 52.0 Å². The van der Waals surface area contributed by atoms with Gasteiger partial charge in [-0.2, -0.15) is 5.10 Å². The van der Waals surface area contributed by atoms with E-state index in [1.54, 1.807) is 0 Å². The summed E-state index contributed by atoms with van der Waals surface area (Å²) in [4.78, 5) is 0. The van der Waals surface area contributed by atoms with E-state index < -0.39 is 9.84 Å². The third-order valence-corrected chi connectivity index (χ3v) is 7.31. The van der Waals surface area contributed by atoms with Crippen molar-refractivity contribution < 1.29 is 8.42 Å². The van der Waals surface area contributed by atoms with Crippen LogP contribution in [0, 0.1) is 11.3 Å². The average molecular weight is 344 g/mol. The predicted molar refractivity (Wildman–Crippen MR) is 94.3 cm³/mol. The van der Waals surface area contributed by atoms with E-state index in [0.29, 0.717) is 29.3 Å². The molecule has 0 radical (unpaired) electrons. The molecule has 2 aliphatic carbocycles. The van der Waals surface area contributed by atoms with Crippen LogP contribution < -0.4 is 0 Å². The average Bonchev–Trinajstić information content (AvgIpc) is 2.88. The van der Waals surface area contributed by atoms with E-state index in [-0.39, 0.29) is 5.75 Å². The van der Waals surface area contributed by atoms with Crippen LogP contribution in [0.5, 0.6) is 0 Å². The fourth-order valence-corrected chi connectivity index (χ4v) is 6.03. The van der Waals surface area contributed by atoms with Gasteiger partial charge in [0.1, 0.15) is 0 Å². The molecule has 2 saturated carbocycles. The maximum atomic E-state index is 12.4. The van der Waals surface area contributed by atoms with Gasteiger partial charge in [0.25, 0.3) is 0 Å². The van der Waals surface area contributed by atoms with E-state index in [1.807, 2.05) is 47.3 Å². The van der Waals surface area contributed by atoms with Crippen LogP contribution >= 0.6 is 0 Å². The van der Waals surface area contributed by atoms with Crippen molar-refractivity contribution in [1.82, 2.24) is 9.78 Å². The first-order chi connectivity index (χ1) is 11.5. The molecular formula is C19H24N2O2S. The number of aromatic nitrogens is 2. The Morgan fingerprint density at radius 1 is 1.12 bits per heavy atom. The molecule has 0 aliphatic heterocycles. The highest BCUT2D eigenvalue weighted by Gasteiger charge is 2.48. The lowest BCUT2D eigenvalue weighted by atomic mass is 9.52. The molecule has 0 amide bonds. The summed E-state index contributed by atoms with van der Waals surface area (Å²) >= 11 is 0. The Morgan fingerprint density at radius 2 is 1.88 bits per heavy atom. The minimum absolute atomic E-state index is 0.0677. The van der Waals surface area contributed by atoms with Crippen LogP contribution in [-0.2, 0) is 22.1 Å². The first-order valence-corrected chi connectivity index (χ1v) is 10.6. The summed E-state index contributed by atoms with van der Waals surface area (Å²) in [5.41, 5.74) is 2.36. The summed E-state index contributed by atoms with van der Waals surface area (Å²) in [5.74, 6) is 0.778. The predicted octanol–water partition coefficient (Wildman–Crippen LogP) is 3.43. The first-order valence-electron chi connectivity index (χ1n) is 8.79. The first kappa shape index (κ1) is 15.9. The van der Waals surface area contributed by atoms with Crippen molar-refractivity contribution in [2.75, 3.05) is 5.75 Å². The lowest BCUT2D eigenvalue weighted by Gasteiger charge is -2.54. The molecule has 0 unspecified atom stereocenters. The van der Waals surface area contributed by atoms with Gasteiger partial charge < -0.3 is 0 Å². The molecule has 1 aromatic heterocycles. The normalized spacial score (nSPS) is 19.8. The summed E-state index contributed by atoms with van der Waals surface area (Å²) in [7, 11) is -3.06. The van der Waals surface area contributed by atoms with Crippen molar-refractivity contribution in [3.8, 4) is 0 Å². The van der Waals surface area contributed by atoms with Crippen molar-refractivity contribution >= 4 is 9.84 Å². The van der Waals surface area contributed by atoms with E-state index >= 15 is 0 Å². The lowest BCUT2D eigenvalue weighted by molar-refractivity contribution is -0.0147. The van der Waals surface area contributed by atoms with E-state index in [9.17, 15) is 8.42 Å². The van der Waals surface area contributed by atoms with Crippen LogP contribution in [0.4, 0.5) is 0 Å². The van der Waals surface area contributed by atoms with Crippen LogP contribution in [0.3, 0.4) is 0 Å². The van der Waals surface area contributed by atoms with Gasteiger partial charge >= 0.3 is 0 Å². The van der Waals surface area contributed by atoms with Crippen LogP contribution in [0.1, 0.15) is 43.4 Å². The Bertz CT molecular complexity index is 799. The Balaban J connectivity index is 1.33. The van der Waals surface area contributed by atoms with Gasteiger partial charge in [0.05, 0.1) is 23.7 Å². The van der Waals surface area contributed by atoms with Gasteiger partial charge in [0.2, 0.25) is 0 Å². The minimum atomic E-state index is -3.06. The second kappa shape index (κ2) is 6.03. The molecule has 0 atom stereocenters. The van der Waals surface area contributed by atoms with Crippen LogP contribution in [0.15, 0.2) is 42.6 Å². The number of sulfone groups is 1. The Kier molecular flexibility index (Phi) is 3.99. The highest BCUT2D eigenvalue weighted by molar-refractivity contribution is 7.90. The van der Waals surface area contributed by atoms with E-state index in [4.69, 9.17) is 0 Å². The lowest BCUT2D eigenvalue weighted by Crippen LogP contribution is -2.45. The molecule has 128 valence electrons. The van der Waals surface area contributed by atoms with Gasteiger partial charge in [-0.1, -0.05) is 36.8 Å². The monoisotopic (exact) mass is 344 g/mol. The van der Waals surface area contributed by atoms with Gasteiger partial charge in [-0.3, -0.25) is 4.68 Å². The SMILES string of the molecule is O=S(=O)(Cc1ccn(Cc2ccccc2)n1)CC1CC2(CCC2)C1. The third kappa shape index (κ3) is 3.41. The molecule has 1 aromatic carbocycles. The molecule has 24 heavy (non-hydrogen) atoms. The van der Waals surface area contributed by atoms with Gasteiger partial charge in [0.15, 0.2) is 9.84 Å². The van der Waals surface area contributed by atoms with E-state index in [0.717, 1.165) is 18.4 Å². The molecule has 0 saturated heterocycles. The molecule has 5 heteroatoms. The molecule has 0 bridgehead atoms. The van der Waals surface area contributed by atoms with Gasteiger partial charge in [-0.15, -0.1) is 0 Å². The van der Waals surface area contributed by atoms with Gasteiger partial charge in [-0.05, 0) is 48.6 Å². The van der Waals surface area contributed by atoms with Crippen LogP contribution in [-0.4, -0.2) is 24.0 Å². The number of hydrogen-bond acceptors (Lipinski definition) is 3. The molecule has 1 spiro atoms. The Morgan fingerprint density at radius 3 is 2.54 bits per heavy atom. The largest absolute Gasteiger partial charge is 0.268 e. The minimum Gasteiger partial charge on any atom is -0.268 e. The second-order valence-electron chi connectivity index (χ2n) is 7.67. The van der Waals surface area contributed by atoms with Gasteiger partial charge in [-0.25, -0.2) is 8.42 Å². The maximum absolute atomic E-state index is 12.4. The smallest absolute Gasteiger partial charge is 0.156 e. The number of benzene rings is 1. The van der Waals surface area contributed by atoms with Crippen LogP contribution in [0.2, 0.25) is 0 Å². The fraction of sp³-hybridized carbons (Fsp3) is 0.526. The zero-order valence-electron chi connectivity index (χ0n) is 13.9. The standard InChI is InChI=1S/C19H24N2O2S/c22-24(23,14-17-11-19(12-17)8-4-9-19)15-18-7-10-21(20-18)13-16-5-2-1-3-6-16/h1-3,5-7,10,17H,4,8-9,11-15H2. The maximum Gasteiger partial charge on any atom is 0.156 e. The molecular weight excluding hydrogens is 320 g/mol. The van der Waals surface area contributed by atoms with Crippen molar-refractivity contribution in [3.63, 3.8) is 0 Å². The molecule has 4 rings (SSSR count). The molecule has 2 fully saturated rings. The number of hydrogen-bond donors (Lipinski definition) is 0. The Hall–Kier alpha value is -1.62. The highest BCUT2D eigenvalue weighted by Crippen LogP contribution is 2.58. The quantitative estimate of drug-likeness (QED) is 0.807. The summed E-state index contributed by atoms with van der Waals surface area (Å²) in [5, 5.41) is 4.44. The van der Waals surface area contributed by atoms with Crippen LogP contribution in [0.25, 0.3) is 0 Å². The molecule has 0 N–H and O–H groups in total. The second-order valence-corrected chi connectivity index (χ2v) is 9.78.